The molecule has 0 bridgehead atoms. The van der Waals surface area contributed by atoms with Crippen molar-refractivity contribution in [2.75, 3.05) is 0 Å². The molecule has 9 nitrogen and oxygen atoms in total. The maximum absolute atomic E-state index is 12.7. The molecule has 3 rings (SSSR count). The third kappa shape index (κ3) is 5.13. The summed E-state index contributed by atoms with van der Waals surface area (Å²) in [6, 6.07) is 6.42. The molecule has 0 spiro atoms. The standard InChI is InChI=1S/C20H23N3O6/c1-20(2,3)29-19(27)22-14(18(26)28-15-9-16(24)23-17(15)25)8-11-10-21-13-7-5-4-6-12(11)13/h4-7,10,14-15,21H,8-9H2,1-3H3,(H,22,27)(H,23,24,25)/t14-,15+/m0/s1. The van der Waals surface area contributed by atoms with Crippen LogP contribution in [0.1, 0.15) is 32.8 Å². The molecule has 0 unspecified atom stereocenters. The van der Waals surface area contributed by atoms with Crippen molar-refractivity contribution in [3.63, 3.8) is 0 Å². The number of ether oxygens (including phenoxy) is 2. The number of nitrogens with one attached hydrogen (secondary N) is 3. The predicted octanol–water partition coefficient (Wildman–Crippen LogP) is 1.56. The third-order valence-electron chi connectivity index (χ3n) is 4.26. The van der Waals surface area contributed by atoms with Gasteiger partial charge < -0.3 is 19.8 Å². The van der Waals surface area contributed by atoms with Crippen LogP contribution in [0.15, 0.2) is 30.5 Å². The molecule has 1 aromatic carbocycles. The van der Waals surface area contributed by atoms with Crippen molar-refractivity contribution >= 4 is 34.8 Å². The molecule has 3 amide bonds. The highest BCUT2D eigenvalue weighted by atomic mass is 16.6. The van der Waals surface area contributed by atoms with Crippen molar-refractivity contribution in [3.8, 4) is 0 Å². The molecule has 29 heavy (non-hydrogen) atoms. The van der Waals surface area contributed by atoms with E-state index in [9.17, 15) is 19.2 Å². The van der Waals surface area contributed by atoms with E-state index in [1.165, 1.54) is 0 Å². The van der Waals surface area contributed by atoms with Gasteiger partial charge in [-0.1, -0.05) is 18.2 Å². The minimum Gasteiger partial charge on any atom is -0.450 e. The average Bonchev–Trinajstić information content (AvgIpc) is 3.15. The van der Waals surface area contributed by atoms with Crippen molar-refractivity contribution < 1.29 is 28.7 Å². The van der Waals surface area contributed by atoms with E-state index in [4.69, 9.17) is 9.47 Å². The Morgan fingerprint density at radius 1 is 1.24 bits per heavy atom. The summed E-state index contributed by atoms with van der Waals surface area (Å²) in [5.41, 5.74) is 0.912. The van der Waals surface area contributed by atoms with Gasteiger partial charge in [0.25, 0.3) is 5.91 Å². The van der Waals surface area contributed by atoms with Gasteiger partial charge in [0.2, 0.25) is 5.91 Å². The first-order valence-electron chi connectivity index (χ1n) is 9.21. The molecule has 9 heteroatoms. The van der Waals surface area contributed by atoms with Gasteiger partial charge in [-0.15, -0.1) is 0 Å². The van der Waals surface area contributed by atoms with Gasteiger partial charge in [-0.25, -0.2) is 9.59 Å². The molecule has 0 saturated carbocycles. The van der Waals surface area contributed by atoms with E-state index in [0.29, 0.717) is 0 Å². The fraction of sp³-hybridized carbons (Fsp3) is 0.400. The van der Waals surface area contributed by atoms with E-state index < -0.39 is 41.6 Å². The van der Waals surface area contributed by atoms with Crippen molar-refractivity contribution in [1.82, 2.24) is 15.6 Å². The van der Waals surface area contributed by atoms with Gasteiger partial charge in [0, 0.05) is 23.5 Å². The van der Waals surface area contributed by atoms with E-state index in [0.717, 1.165) is 16.5 Å². The van der Waals surface area contributed by atoms with Crippen LogP contribution in [0.4, 0.5) is 4.79 Å². The van der Waals surface area contributed by atoms with E-state index in [2.05, 4.69) is 15.6 Å². The van der Waals surface area contributed by atoms with Gasteiger partial charge in [-0.2, -0.15) is 0 Å². The zero-order valence-electron chi connectivity index (χ0n) is 16.4. The largest absolute Gasteiger partial charge is 0.450 e. The van der Waals surface area contributed by atoms with Crippen molar-refractivity contribution in [2.45, 2.75) is 51.4 Å². The monoisotopic (exact) mass is 401 g/mol. The fourth-order valence-electron chi connectivity index (χ4n) is 3.01. The Balaban J connectivity index is 1.79. The molecular weight excluding hydrogens is 378 g/mol. The first-order chi connectivity index (χ1) is 13.6. The van der Waals surface area contributed by atoms with Crippen LogP contribution in [0.2, 0.25) is 0 Å². The SMILES string of the molecule is CC(C)(C)OC(=O)N[C@@H](Cc1c[nH]c2ccccc12)C(=O)O[C@@H]1CC(=O)NC1=O. The highest BCUT2D eigenvalue weighted by Crippen LogP contribution is 2.20. The Kier molecular flexibility index (Phi) is 5.58. The van der Waals surface area contributed by atoms with Crippen molar-refractivity contribution in [3.05, 3.63) is 36.0 Å². The summed E-state index contributed by atoms with van der Waals surface area (Å²) in [5, 5.41) is 5.48. The second-order valence-corrected chi connectivity index (χ2v) is 7.80. The van der Waals surface area contributed by atoms with Crippen LogP contribution in [-0.2, 0) is 30.3 Å². The van der Waals surface area contributed by atoms with E-state index in [1.807, 2.05) is 24.3 Å². The topological polar surface area (TPSA) is 127 Å². The number of aromatic nitrogens is 1. The first-order valence-corrected chi connectivity index (χ1v) is 9.21. The molecule has 1 aliphatic heterocycles. The number of amides is 3. The predicted molar refractivity (Wildman–Crippen MR) is 103 cm³/mol. The molecule has 1 saturated heterocycles. The number of fused-ring (bicyclic) bond motifs is 1. The van der Waals surface area contributed by atoms with Crippen LogP contribution in [0, 0.1) is 0 Å². The summed E-state index contributed by atoms with van der Waals surface area (Å²) in [7, 11) is 0. The Bertz CT molecular complexity index is 959. The van der Waals surface area contributed by atoms with E-state index in [1.54, 1.807) is 27.0 Å². The Labute approximate surface area is 167 Å². The van der Waals surface area contributed by atoms with Crippen LogP contribution >= 0.6 is 0 Å². The van der Waals surface area contributed by atoms with Crippen LogP contribution in [-0.4, -0.2) is 46.6 Å². The number of hydrogen-bond donors (Lipinski definition) is 3. The lowest BCUT2D eigenvalue weighted by molar-refractivity contribution is -0.156. The molecule has 3 N–H and O–H groups in total. The summed E-state index contributed by atoms with van der Waals surface area (Å²) < 4.78 is 10.4. The number of imide groups is 1. The molecule has 2 heterocycles. The number of benzene rings is 1. The zero-order chi connectivity index (χ0) is 21.2. The molecule has 2 aromatic rings. The van der Waals surface area contributed by atoms with Crippen molar-refractivity contribution in [1.29, 1.82) is 0 Å². The number of esters is 1. The summed E-state index contributed by atoms with van der Waals surface area (Å²) in [6.07, 6.45) is -0.374. The van der Waals surface area contributed by atoms with Crippen LogP contribution < -0.4 is 10.6 Å². The maximum Gasteiger partial charge on any atom is 0.408 e. The second kappa shape index (κ2) is 7.94. The minimum atomic E-state index is -1.21. The molecule has 1 aromatic heterocycles. The fourth-order valence-corrected chi connectivity index (χ4v) is 3.01. The Hall–Kier alpha value is -3.36. The van der Waals surface area contributed by atoms with Crippen LogP contribution in [0.3, 0.4) is 0 Å². The minimum absolute atomic E-state index is 0.115. The summed E-state index contributed by atoms with van der Waals surface area (Å²) in [4.78, 5) is 51.1. The van der Waals surface area contributed by atoms with Crippen LogP contribution in [0.5, 0.6) is 0 Å². The molecular formula is C20H23N3O6. The molecule has 154 valence electrons. The van der Waals surface area contributed by atoms with Gasteiger partial charge in [-0.05, 0) is 32.4 Å². The third-order valence-corrected chi connectivity index (χ3v) is 4.26. The lowest BCUT2D eigenvalue weighted by atomic mass is 10.0. The lowest BCUT2D eigenvalue weighted by Crippen LogP contribution is -2.46. The van der Waals surface area contributed by atoms with Gasteiger partial charge in [0.15, 0.2) is 6.10 Å². The summed E-state index contributed by atoms with van der Waals surface area (Å²) in [5.74, 6) is -2.01. The van der Waals surface area contributed by atoms with Gasteiger partial charge in [0.1, 0.15) is 11.6 Å². The number of rotatable bonds is 5. The number of para-hydroxylation sites is 1. The zero-order valence-corrected chi connectivity index (χ0v) is 16.4. The highest BCUT2D eigenvalue weighted by Gasteiger charge is 2.36. The Morgan fingerprint density at radius 3 is 2.62 bits per heavy atom. The second-order valence-electron chi connectivity index (χ2n) is 7.80. The van der Waals surface area contributed by atoms with E-state index >= 15 is 0 Å². The average molecular weight is 401 g/mol. The first kappa shape index (κ1) is 20.4. The maximum atomic E-state index is 12.7. The van der Waals surface area contributed by atoms with E-state index in [-0.39, 0.29) is 12.8 Å². The van der Waals surface area contributed by atoms with Gasteiger partial charge >= 0.3 is 12.1 Å². The normalized spacial score (nSPS) is 17.7. The molecule has 0 radical (unpaired) electrons. The van der Waals surface area contributed by atoms with Gasteiger partial charge in [0.05, 0.1) is 6.42 Å². The van der Waals surface area contributed by atoms with Crippen LogP contribution in [0.25, 0.3) is 10.9 Å². The molecule has 2 atom stereocenters. The number of alkyl carbamates (subject to hydrolysis) is 1. The number of hydrogen-bond acceptors (Lipinski definition) is 6. The van der Waals surface area contributed by atoms with Crippen molar-refractivity contribution in [2.24, 2.45) is 0 Å². The quantitative estimate of drug-likeness (QED) is 0.516. The number of carbonyl (C=O) groups excluding carboxylic acids is 4. The molecule has 1 fully saturated rings. The molecule has 1 aliphatic rings. The highest BCUT2D eigenvalue weighted by molar-refractivity contribution is 6.05. The summed E-state index contributed by atoms with van der Waals surface area (Å²) >= 11 is 0. The summed E-state index contributed by atoms with van der Waals surface area (Å²) in [6.45, 7) is 5.11. The number of carbonyl (C=O) groups is 4. The number of aromatic amines is 1. The Morgan fingerprint density at radius 2 is 1.97 bits per heavy atom. The number of H-pyrrole nitrogens is 1. The lowest BCUT2D eigenvalue weighted by Gasteiger charge is -2.23. The smallest absolute Gasteiger partial charge is 0.408 e. The van der Waals surface area contributed by atoms with Gasteiger partial charge in [-0.3, -0.25) is 14.9 Å². The molecule has 0 aliphatic carbocycles.